The van der Waals surface area contributed by atoms with Gasteiger partial charge in [0.1, 0.15) is 22.6 Å². The van der Waals surface area contributed by atoms with Crippen molar-refractivity contribution in [2.45, 2.75) is 13.8 Å². The zero-order chi connectivity index (χ0) is 22.1. The number of aromatic nitrogens is 1. The third-order valence-corrected chi connectivity index (χ3v) is 5.27. The second kappa shape index (κ2) is 8.32. The second-order valence-electron chi connectivity index (χ2n) is 7.14. The summed E-state index contributed by atoms with van der Waals surface area (Å²) in [6.45, 7) is 4.00. The van der Waals surface area contributed by atoms with Crippen molar-refractivity contribution in [1.29, 1.82) is 0 Å². The topological polar surface area (TPSA) is 73.6 Å². The number of fused-ring (bicyclic) bond motifs is 1. The molecule has 31 heavy (non-hydrogen) atoms. The first-order chi connectivity index (χ1) is 14.9. The molecule has 0 aliphatic carbocycles. The maximum absolute atomic E-state index is 13.0. The lowest BCUT2D eigenvalue weighted by Crippen LogP contribution is -2.15. The Morgan fingerprint density at radius 2 is 1.74 bits per heavy atom. The molecule has 1 aromatic heterocycles. The van der Waals surface area contributed by atoms with Gasteiger partial charge < -0.3 is 19.2 Å². The molecule has 1 heterocycles. The Labute approximate surface area is 184 Å². The minimum atomic E-state index is -0.405. The number of rotatable bonds is 5. The van der Waals surface area contributed by atoms with Gasteiger partial charge in [0, 0.05) is 5.56 Å². The molecule has 4 rings (SSSR count). The number of ether oxygens (including phenoxy) is 2. The largest absolute Gasteiger partial charge is 0.496 e. The fraction of sp³-hybridized carbons (Fsp3) is 0.167. The number of benzene rings is 3. The van der Waals surface area contributed by atoms with Crippen LogP contribution in [0.4, 0.5) is 5.69 Å². The molecule has 0 saturated heterocycles. The van der Waals surface area contributed by atoms with E-state index in [1.54, 1.807) is 36.4 Å². The lowest BCUT2D eigenvalue weighted by molar-refractivity contribution is 0.102. The van der Waals surface area contributed by atoms with E-state index >= 15 is 0 Å². The SMILES string of the molecule is COc1cccc(OC)c1C(=O)Nc1cc(-c2nc3cc(C)cc(C)c3o2)ccc1Cl. The van der Waals surface area contributed by atoms with E-state index in [2.05, 4.69) is 10.3 Å². The molecule has 1 amide bonds. The van der Waals surface area contributed by atoms with Crippen LogP contribution in [0.2, 0.25) is 5.02 Å². The van der Waals surface area contributed by atoms with Gasteiger partial charge in [-0.15, -0.1) is 0 Å². The Kier molecular flexibility index (Phi) is 5.57. The lowest BCUT2D eigenvalue weighted by atomic mass is 10.1. The van der Waals surface area contributed by atoms with Crippen molar-refractivity contribution < 1.29 is 18.7 Å². The molecule has 158 valence electrons. The Morgan fingerprint density at radius 3 is 2.42 bits per heavy atom. The summed E-state index contributed by atoms with van der Waals surface area (Å²) in [5.74, 6) is 0.839. The summed E-state index contributed by atoms with van der Waals surface area (Å²) < 4.78 is 16.6. The number of anilines is 1. The predicted molar refractivity (Wildman–Crippen MR) is 121 cm³/mol. The van der Waals surface area contributed by atoms with E-state index in [0.29, 0.717) is 33.7 Å². The van der Waals surface area contributed by atoms with E-state index in [9.17, 15) is 4.79 Å². The first-order valence-electron chi connectivity index (χ1n) is 9.61. The number of carbonyl (C=O) groups is 1. The molecule has 0 saturated carbocycles. The van der Waals surface area contributed by atoms with E-state index in [4.69, 9.17) is 25.5 Å². The molecule has 7 heteroatoms. The highest BCUT2D eigenvalue weighted by molar-refractivity contribution is 6.34. The van der Waals surface area contributed by atoms with Crippen molar-refractivity contribution in [1.82, 2.24) is 4.98 Å². The van der Waals surface area contributed by atoms with Gasteiger partial charge in [-0.25, -0.2) is 4.98 Å². The highest BCUT2D eigenvalue weighted by atomic mass is 35.5. The van der Waals surface area contributed by atoms with Crippen molar-refractivity contribution in [2.75, 3.05) is 19.5 Å². The quantitative estimate of drug-likeness (QED) is 0.413. The van der Waals surface area contributed by atoms with Crippen LogP contribution in [0.25, 0.3) is 22.6 Å². The summed E-state index contributed by atoms with van der Waals surface area (Å²) in [5, 5.41) is 3.22. The molecular formula is C24H21ClN2O4. The monoisotopic (exact) mass is 436 g/mol. The number of halogens is 1. The Hall–Kier alpha value is -3.51. The second-order valence-corrected chi connectivity index (χ2v) is 7.54. The zero-order valence-electron chi connectivity index (χ0n) is 17.6. The molecule has 0 unspecified atom stereocenters. The van der Waals surface area contributed by atoms with Crippen LogP contribution in [0, 0.1) is 13.8 Å². The van der Waals surface area contributed by atoms with Gasteiger partial charge in [0.15, 0.2) is 5.58 Å². The molecule has 1 N–H and O–H groups in total. The fourth-order valence-electron chi connectivity index (χ4n) is 3.51. The summed E-state index contributed by atoms with van der Waals surface area (Å²) in [7, 11) is 2.99. The number of carbonyl (C=O) groups excluding carboxylic acids is 1. The molecule has 6 nitrogen and oxygen atoms in total. The molecule has 0 atom stereocenters. The van der Waals surface area contributed by atoms with Gasteiger partial charge in [-0.3, -0.25) is 4.79 Å². The molecule has 0 radical (unpaired) electrons. The van der Waals surface area contributed by atoms with Crippen molar-refractivity contribution in [3.63, 3.8) is 0 Å². The highest BCUT2D eigenvalue weighted by Crippen LogP contribution is 2.34. The number of methoxy groups -OCH3 is 2. The van der Waals surface area contributed by atoms with Crippen molar-refractivity contribution >= 4 is 34.3 Å². The molecule has 0 aliphatic heterocycles. The van der Waals surface area contributed by atoms with Gasteiger partial charge in [-0.05, 0) is 61.4 Å². The zero-order valence-corrected chi connectivity index (χ0v) is 18.3. The summed E-state index contributed by atoms with van der Waals surface area (Å²) >= 11 is 6.36. The van der Waals surface area contributed by atoms with Crippen molar-refractivity contribution in [3.05, 3.63) is 70.2 Å². The van der Waals surface area contributed by atoms with Crippen LogP contribution in [0.3, 0.4) is 0 Å². The number of nitrogens with zero attached hydrogens (tertiary/aromatic N) is 1. The number of oxazole rings is 1. The maximum atomic E-state index is 13.0. The van der Waals surface area contributed by atoms with E-state index in [1.165, 1.54) is 14.2 Å². The number of nitrogens with one attached hydrogen (secondary N) is 1. The minimum Gasteiger partial charge on any atom is -0.496 e. The molecule has 0 fully saturated rings. The van der Waals surface area contributed by atoms with Crippen LogP contribution in [-0.4, -0.2) is 25.1 Å². The average Bonchev–Trinajstić information content (AvgIpc) is 3.19. The molecule has 4 aromatic rings. The lowest BCUT2D eigenvalue weighted by Gasteiger charge is -2.14. The van der Waals surface area contributed by atoms with Gasteiger partial charge in [0.2, 0.25) is 5.89 Å². The molecule has 3 aromatic carbocycles. The molecule has 0 spiro atoms. The third kappa shape index (κ3) is 3.94. The number of hydrogen-bond acceptors (Lipinski definition) is 5. The van der Waals surface area contributed by atoms with Gasteiger partial charge in [0.25, 0.3) is 5.91 Å². The van der Waals surface area contributed by atoms with E-state index in [1.807, 2.05) is 26.0 Å². The van der Waals surface area contributed by atoms with Crippen LogP contribution < -0.4 is 14.8 Å². The van der Waals surface area contributed by atoms with Gasteiger partial charge >= 0.3 is 0 Å². The number of amides is 1. The average molecular weight is 437 g/mol. The summed E-state index contributed by atoms with van der Waals surface area (Å²) in [6.07, 6.45) is 0. The Morgan fingerprint density at radius 1 is 1.03 bits per heavy atom. The Balaban J connectivity index is 1.71. The molecule has 0 bridgehead atoms. The van der Waals surface area contributed by atoms with Gasteiger partial charge in [-0.2, -0.15) is 0 Å². The van der Waals surface area contributed by atoms with Crippen LogP contribution >= 0.6 is 11.6 Å². The van der Waals surface area contributed by atoms with Crippen LogP contribution in [0.1, 0.15) is 21.5 Å². The van der Waals surface area contributed by atoms with Crippen molar-refractivity contribution in [3.8, 4) is 23.0 Å². The predicted octanol–water partition coefficient (Wildman–Crippen LogP) is 6.03. The highest BCUT2D eigenvalue weighted by Gasteiger charge is 2.20. The number of aryl methyl sites for hydroxylation is 2. The van der Waals surface area contributed by atoms with Crippen molar-refractivity contribution in [2.24, 2.45) is 0 Å². The summed E-state index contributed by atoms with van der Waals surface area (Å²) in [4.78, 5) is 17.6. The summed E-state index contributed by atoms with van der Waals surface area (Å²) in [6, 6.07) is 14.4. The minimum absolute atomic E-state index is 0.280. The first-order valence-corrected chi connectivity index (χ1v) is 9.99. The first kappa shape index (κ1) is 20.8. The fourth-order valence-corrected chi connectivity index (χ4v) is 3.68. The van der Waals surface area contributed by atoms with Crippen LogP contribution in [0.5, 0.6) is 11.5 Å². The normalized spacial score (nSPS) is 10.9. The standard InChI is InChI=1S/C24H21ClN2O4/c1-13-10-14(2)22-18(11-13)27-24(31-22)15-8-9-16(25)17(12-15)26-23(28)21-19(29-3)6-5-7-20(21)30-4/h5-12H,1-4H3,(H,26,28). The van der Waals surface area contributed by atoms with Gasteiger partial charge in [0.05, 0.1) is 24.9 Å². The van der Waals surface area contributed by atoms with Crippen LogP contribution in [-0.2, 0) is 0 Å². The van der Waals surface area contributed by atoms with E-state index in [-0.39, 0.29) is 5.56 Å². The van der Waals surface area contributed by atoms with E-state index < -0.39 is 5.91 Å². The third-order valence-electron chi connectivity index (χ3n) is 4.94. The van der Waals surface area contributed by atoms with E-state index in [0.717, 1.165) is 22.2 Å². The Bertz CT molecular complexity index is 1270. The smallest absolute Gasteiger partial charge is 0.263 e. The number of hydrogen-bond donors (Lipinski definition) is 1. The van der Waals surface area contributed by atoms with Gasteiger partial charge in [-0.1, -0.05) is 23.7 Å². The molecular weight excluding hydrogens is 416 g/mol. The molecule has 0 aliphatic rings. The van der Waals surface area contributed by atoms with Crippen LogP contribution in [0.15, 0.2) is 52.9 Å². The summed E-state index contributed by atoms with van der Waals surface area (Å²) in [5.41, 5.74) is 5.04. The maximum Gasteiger partial charge on any atom is 0.263 e.